The maximum Gasteiger partial charge on any atom is 0.416 e. The minimum atomic E-state index is -4.41. The van der Waals surface area contributed by atoms with Gasteiger partial charge in [-0.3, -0.25) is 4.79 Å². The Morgan fingerprint density at radius 2 is 1.71 bits per heavy atom. The lowest BCUT2D eigenvalue weighted by molar-refractivity contribution is -0.137. The number of carbonyl (C=O) groups excluding carboxylic acids is 1. The molecule has 1 aromatic heterocycles. The van der Waals surface area contributed by atoms with Crippen molar-refractivity contribution < 1.29 is 18.0 Å². The van der Waals surface area contributed by atoms with Crippen LogP contribution in [-0.2, 0) is 6.18 Å². The Hall–Kier alpha value is -2.64. The molecule has 0 radical (unpaired) electrons. The van der Waals surface area contributed by atoms with Crippen molar-refractivity contribution in [2.75, 3.05) is 17.2 Å². The summed E-state index contributed by atoms with van der Waals surface area (Å²) >= 11 is 0. The first-order valence-electron chi connectivity index (χ1n) is 7.30. The van der Waals surface area contributed by atoms with Gasteiger partial charge in [0.05, 0.1) is 11.1 Å². The molecule has 2 aromatic rings. The van der Waals surface area contributed by atoms with Crippen LogP contribution in [0.1, 0.15) is 29.8 Å². The number of hydrogen-bond acceptors (Lipinski definition) is 4. The predicted octanol–water partition coefficient (Wildman–Crippen LogP) is 3.82. The quantitative estimate of drug-likeness (QED) is 0.870. The monoisotopic (exact) mass is 338 g/mol. The number of aromatic nitrogens is 2. The summed E-state index contributed by atoms with van der Waals surface area (Å²) in [6.07, 6.45) is -1.70. The van der Waals surface area contributed by atoms with Crippen LogP contribution in [0.4, 0.5) is 24.8 Å². The summed E-state index contributed by atoms with van der Waals surface area (Å²) in [5.41, 5.74) is -0.301. The minimum Gasteiger partial charge on any atom is -0.354 e. The van der Waals surface area contributed by atoms with Gasteiger partial charge < -0.3 is 10.6 Å². The van der Waals surface area contributed by atoms with E-state index < -0.39 is 17.6 Å². The van der Waals surface area contributed by atoms with Crippen LogP contribution in [0.3, 0.4) is 0 Å². The topological polar surface area (TPSA) is 66.9 Å². The largest absolute Gasteiger partial charge is 0.416 e. The van der Waals surface area contributed by atoms with Crippen LogP contribution in [0.2, 0.25) is 0 Å². The van der Waals surface area contributed by atoms with E-state index >= 15 is 0 Å². The van der Waals surface area contributed by atoms with Crippen LogP contribution >= 0.6 is 0 Å². The second-order valence-corrected chi connectivity index (χ2v) is 5.60. The van der Waals surface area contributed by atoms with Gasteiger partial charge in [0.25, 0.3) is 5.91 Å². The summed E-state index contributed by atoms with van der Waals surface area (Å²) in [5, 5.41) is 5.52. The number of nitrogens with one attached hydrogen (secondary N) is 2. The first-order chi connectivity index (χ1) is 11.3. The number of amides is 1. The molecule has 8 heteroatoms. The number of benzene rings is 1. The molecule has 1 amide bonds. The number of carbonyl (C=O) groups is 1. The van der Waals surface area contributed by atoms with Gasteiger partial charge in [-0.05, 0) is 30.2 Å². The molecule has 0 saturated carbocycles. The highest BCUT2D eigenvalue weighted by Gasteiger charge is 2.30. The average molecular weight is 338 g/mol. The maximum atomic E-state index is 12.5. The SMILES string of the molecule is CC(C)CNc1ncc(C(=O)Nc2ccc(C(F)(F)F)cc2)cn1. The van der Waals surface area contributed by atoms with E-state index in [1.54, 1.807) is 0 Å². The number of hydrogen-bond donors (Lipinski definition) is 2. The van der Waals surface area contributed by atoms with Gasteiger partial charge in [0.2, 0.25) is 5.95 Å². The molecule has 128 valence electrons. The van der Waals surface area contributed by atoms with Crippen molar-refractivity contribution in [1.29, 1.82) is 0 Å². The molecule has 2 rings (SSSR count). The first-order valence-corrected chi connectivity index (χ1v) is 7.30. The van der Waals surface area contributed by atoms with Gasteiger partial charge in [0.1, 0.15) is 0 Å². The summed E-state index contributed by atoms with van der Waals surface area (Å²) < 4.78 is 37.5. The van der Waals surface area contributed by atoms with E-state index in [0.717, 1.165) is 12.1 Å². The van der Waals surface area contributed by atoms with Crippen molar-refractivity contribution in [3.05, 3.63) is 47.8 Å². The lowest BCUT2D eigenvalue weighted by Gasteiger charge is -2.09. The fourth-order valence-electron chi connectivity index (χ4n) is 1.78. The number of nitrogens with zero attached hydrogens (tertiary/aromatic N) is 2. The Kier molecular flexibility index (Phi) is 5.38. The molecule has 0 aliphatic rings. The van der Waals surface area contributed by atoms with E-state index in [-0.39, 0.29) is 11.3 Å². The smallest absolute Gasteiger partial charge is 0.354 e. The highest BCUT2D eigenvalue weighted by Crippen LogP contribution is 2.29. The highest BCUT2D eigenvalue weighted by molar-refractivity contribution is 6.03. The van der Waals surface area contributed by atoms with E-state index in [4.69, 9.17) is 0 Å². The second kappa shape index (κ2) is 7.29. The summed E-state index contributed by atoms with van der Waals surface area (Å²) in [4.78, 5) is 20.1. The molecule has 0 atom stereocenters. The second-order valence-electron chi connectivity index (χ2n) is 5.60. The summed E-state index contributed by atoms with van der Waals surface area (Å²) in [6, 6.07) is 4.20. The first kappa shape index (κ1) is 17.7. The molecule has 24 heavy (non-hydrogen) atoms. The number of alkyl halides is 3. The molecule has 1 aromatic carbocycles. The standard InChI is InChI=1S/C16H17F3N4O/c1-10(2)7-20-15-21-8-11(9-22-15)14(24)23-13-5-3-12(4-6-13)16(17,18)19/h3-6,8-10H,7H2,1-2H3,(H,23,24)(H,20,21,22). The van der Waals surface area contributed by atoms with Crippen molar-refractivity contribution in [2.24, 2.45) is 5.92 Å². The Morgan fingerprint density at radius 3 is 2.21 bits per heavy atom. The highest BCUT2D eigenvalue weighted by atomic mass is 19.4. The summed E-state index contributed by atoms with van der Waals surface area (Å²) in [5.74, 6) is 0.344. The van der Waals surface area contributed by atoms with Crippen LogP contribution in [0.15, 0.2) is 36.7 Å². The van der Waals surface area contributed by atoms with Gasteiger partial charge in [-0.2, -0.15) is 13.2 Å². The fraction of sp³-hybridized carbons (Fsp3) is 0.312. The summed E-state index contributed by atoms with van der Waals surface area (Å²) in [6.45, 7) is 4.79. The van der Waals surface area contributed by atoms with Gasteiger partial charge in [-0.25, -0.2) is 9.97 Å². The lowest BCUT2D eigenvalue weighted by atomic mass is 10.2. The predicted molar refractivity (Wildman–Crippen MR) is 84.8 cm³/mol. The molecule has 0 unspecified atom stereocenters. The van der Waals surface area contributed by atoms with Crippen LogP contribution in [-0.4, -0.2) is 22.4 Å². The zero-order chi connectivity index (χ0) is 17.7. The zero-order valence-electron chi connectivity index (χ0n) is 13.2. The van der Waals surface area contributed by atoms with E-state index in [2.05, 4.69) is 20.6 Å². The maximum absolute atomic E-state index is 12.5. The van der Waals surface area contributed by atoms with Crippen molar-refractivity contribution in [1.82, 2.24) is 9.97 Å². The Labute approximate surface area is 137 Å². The van der Waals surface area contributed by atoms with Gasteiger partial charge in [0.15, 0.2) is 0 Å². The third kappa shape index (κ3) is 4.94. The Morgan fingerprint density at radius 1 is 1.12 bits per heavy atom. The molecular formula is C16H17F3N4O. The third-order valence-corrected chi connectivity index (χ3v) is 3.05. The van der Waals surface area contributed by atoms with Crippen LogP contribution in [0, 0.1) is 5.92 Å². The van der Waals surface area contributed by atoms with Gasteiger partial charge in [-0.15, -0.1) is 0 Å². The van der Waals surface area contributed by atoms with Gasteiger partial charge in [-0.1, -0.05) is 13.8 Å². The summed E-state index contributed by atoms with van der Waals surface area (Å²) in [7, 11) is 0. The number of rotatable bonds is 5. The van der Waals surface area contributed by atoms with E-state index in [0.29, 0.717) is 18.4 Å². The van der Waals surface area contributed by atoms with Crippen LogP contribution in [0.5, 0.6) is 0 Å². The van der Waals surface area contributed by atoms with Crippen molar-refractivity contribution in [2.45, 2.75) is 20.0 Å². The van der Waals surface area contributed by atoms with E-state index in [1.165, 1.54) is 24.5 Å². The minimum absolute atomic E-state index is 0.213. The molecule has 5 nitrogen and oxygen atoms in total. The number of halogens is 3. The van der Waals surface area contributed by atoms with Gasteiger partial charge in [0, 0.05) is 24.6 Å². The fourth-order valence-corrected chi connectivity index (χ4v) is 1.78. The Balaban J connectivity index is 1.99. The third-order valence-electron chi connectivity index (χ3n) is 3.05. The molecule has 0 saturated heterocycles. The molecule has 2 N–H and O–H groups in total. The lowest BCUT2D eigenvalue weighted by Crippen LogP contribution is -2.15. The van der Waals surface area contributed by atoms with E-state index in [9.17, 15) is 18.0 Å². The van der Waals surface area contributed by atoms with Crippen LogP contribution < -0.4 is 10.6 Å². The van der Waals surface area contributed by atoms with Crippen molar-refractivity contribution in [3.8, 4) is 0 Å². The Bertz CT molecular complexity index is 682. The van der Waals surface area contributed by atoms with Crippen molar-refractivity contribution >= 4 is 17.5 Å². The molecule has 0 aliphatic heterocycles. The molecule has 1 heterocycles. The molecule has 0 fully saturated rings. The number of anilines is 2. The molecule has 0 aliphatic carbocycles. The van der Waals surface area contributed by atoms with E-state index in [1.807, 2.05) is 13.8 Å². The average Bonchev–Trinajstić information content (AvgIpc) is 2.53. The molecule has 0 spiro atoms. The molecular weight excluding hydrogens is 321 g/mol. The molecule has 0 bridgehead atoms. The normalized spacial score (nSPS) is 11.4. The van der Waals surface area contributed by atoms with Crippen LogP contribution in [0.25, 0.3) is 0 Å². The zero-order valence-corrected chi connectivity index (χ0v) is 13.2. The van der Waals surface area contributed by atoms with Crippen molar-refractivity contribution in [3.63, 3.8) is 0 Å². The van der Waals surface area contributed by atoms with Gasteiger partial charge >= 0.3 is 6.18 Å².